The van der Waals surface area contributed by atoms with Gasteiger partial charge in [0.05, 0.1) is 6.54 Å². The summed E-state index contributed by atoms with van der Waals surface area (Å²) in [5, 5.41) is 3.09. The largest absolute Gasteiger partial charge is 0.376 e. The molecule has 5 nitrogen and oxygen atoms in total. The van der Waals surface area contributed by atoms with E-state index >= 15 is 0 Å². The van der Waals surface area contributed by atoms with Crippen molar-refractivity contribution in [2.45, 2.75) is 0 Å². The summed E-state index contributed by atoms with van der Waals surface area (Å²) in [6.45, 7) is 4.28. The first-order valence-corrected chi connectivity index (χ1v) is 8.05. The predicted octanol–water partition coefficient (Wildman–Crippen LogP) is 3.02. The van der Waals surface area contributed by atoms with Crippen LogP contribution in [0.5, 0.6) is 0 Å². The third-order valence-corrected chi connectivity index (χ3v) is 3.64. The lowest BCUT2D eigenvalue weighted by Gasteiger charge is -2.22. The lowest BCUT2D eigenvalue weighted by Crippen LogP contribution is -2.35. The maximum absolute atomic E-state index is 12.6. The Morgan fingerprint density at radius 1 is 1.08 bits per heavy atom. The first-order chi connectivity index (χ1) is 12.0. The van der Waals surface area contributed by atoms with E-state index in [0.29, 0.717) is 12.1 Å². The minimum absolute atomic E-state index is 0.0737. The number of nitrogens with one attached hydrogen (secondary N) is 1. The third kappa shape index (κ3) is 4.94. The Hall–Kier alpha value is -3.08. The van der Waals surface area contributed by atoms with Gasteiger partial charge in [-0.25, -0.2) is 0 Å². The molecule has 0 unspecified atom stereocenters. The van der Waals surface area contributed by atoms with Gasteiger partial charge in [0.1, 0.15) is 0 Å². The first-order valence-electron chi connectivity index (χ1n) is 8.05. The molecule has 5 heteroatoms. The van der Waals surface area contributed by atoms with Crippen molar-refractivity contribution in [3.8, 4) is 0 Å². The Morgan fingerprint density at radius 2 is 1.80 bits per heavy atom. The molecule has 0 aliphatic heterocycles. The minimum Gasteiger partial charge on any atom is -0.376 e. The highest BCUT2D eigenvalue weighted by molar-refractivity contribution is 5.97. The maximum Gasteiger partial charge on any atom is 0.253 e. The third-order valence-electron chi connectivity index (χ3n) is 3.64. The highest BCUT2D eigenvalue weighted by Crippen LogP contribution is 2.15. The van der Waals surface area contributed by atoms with Crippen molar-refractivity contribution in [2.75, 3.05) is 37.4 Å². The quantitative estimate of drug-likeness (QED) is 0.790. The van der Waals surface area contributed by atoms with Crippen LogP contribution in [0.3, 0.4) is 0 Å². The molecular formula is C20H23N3O2. The second-order valence-electron chi connectivity index (χ2n) is 5.76. The minimum atomic E-state index is -0.0763. The number of carbonyl (C=O) groups excluding carboxylic acids is 2. The van der Waals surface area contributed by atoms with E-state index in [4.69, 9.17) is 0 Å². The summed E-state index contributed by atoms with van der Waals surface area (Å²) < 4.78 is 0. The van der Waals surface area contributed by atoms with Gasteiger partial charge in [0.2, 0.25) is 5.91 Å². The summed E-state index contributed by atoms with van der Waals surface area (Å²) in [5.74, 6) is -0.150. The van der Waals surface area contributed by atoms with E-state index in [1.54, 1.807) is 43.3 Å². The number of carbonyl (C=O) groups is 2. The molecule has 0 aliphatic carbocycles. The Morgan fingerprint density at radius 3 is 2.44 bits per heavy atom. The van der Waals surface area contributed by atoms with Gasteiger partial charge in [-0.2, -0.15) is 0 Å². The molecule has 2 amide bonds. The lowest BCUT2D eigenvalue weighted by atomic mass is 10.2. The molecule has 0 bridgehead atoms. The van der Waals surface area contributed by atoms with Gasteiger partial charge in [0.25, 0.3) is 5.91 Å². The van der Waals surface area contributed by atoms with Crippen molar-refractivity contribution in [1.29, 1.82) is 0 Å². The molecule has 0 spiro atoms. The van der Waals surface area contributed by atoms with Crippen LogP contribution in [0.4, 0.5) is 11.4 Å². The zero-order chi connectivity index (χ0) is 18.2. The number of anilines is 2. The molecule has 2 aromatic carbocycles. The molecule has 130 valence electrons. The molecule has 0 atom stereocenters. The van der Waals surface area contributed by atoms with E-state index in [1.165, 1.54) is 4.90 Å². The number of amides is 2. The number of benzene rings is 2. The maximum atomic E-state index is 12.6. The molecule has 0 aromatic heterocycles. The highest BCUT2D eigenvalue weighted by atomic mass is 16.2. The van der Waals surface area contributed by atoms with Crippen molar-refractivity contribution in [1.82, 2.24) is 4.90 Å². The topological polar surface area (TPSA) is 52.7 Å². The van der Waals surface area contributed by atoms with Crippen LogP contribution in [0, 0.1) is 0 Å². The van der Waals surface area contributed by atoms with Crippen molar-refractivity contribution in [2.24, 2.45) is 0 Å². The van der Waals surface area contributed by atoms with Gasteiger partial charge in [-0.15, -0.1) is 6.58 Å². The Kier molecular flexibility index (Phi) is 6.34. The average Bonchev–Trinajstić information content (AvgIpc) is 2.64. The van der Waals surface area contributed by atoms with Crippen LogP contribution < -0.4 is 10.2 Å². The van der Waals surface area contributed by atoms with Crippen molar-refractivity contribution < 1.29 is 9.59 Å². The second kappa shape index (κ2) is 8.68. The van der Waals surface area contributed by atoms with Crippen LogP contribution >= 0.6 is 0 Å². The predicted molar refractivity (Wildman–Crippen MR) is 102 cm³/mol. The summed E-state index contributed by atoms with van der Waals surface area (Å²) in [6, 6.07) is 16.6. The number of para-hydroxylation sites is 1. The fourth-order valence-corrected chi connectivity index (χ4v) is 2.38. The van der Waals surface area contributed by atoms with E-state index < -0.39 is 0 Å². The van der Waals surface area contributed by atoms with Gasteiger partial charge in [-0.05, 0) is 30.3 Å². The summed E-state index contributed by atoms with van der Waals surface area (Å²) in [6.07, 6.45) is 1.70. The number of rotatable bonds is 7. The molecule has 0 aliphatic rings. The van der Waals surface area contributed by atoms with Gasteiger partial charge < -0.3 is 15.1 Å². The zero-order valence-electron chi connectivity index (χ0n) is 14.6. The van der Waals surface area contributed by atoms with Gasteiger partial charge in [0.15, 0.2) is 0 Å². The summed E-state index contributed by atoms with van der Waals surface area (Å²) in [4.78, 5) is 27.8. The van der Waals surface area contributed by atoms with Crippen LogP contribution in [0.25, 0.3) is 0 Å². The van der Waals surface area contributed by atoms with Crippen LogP contribution in [0.15, 0.2) is 67.3 Å². The van der Waals surface area contributed by atoms with Crippen molar-refractivity contribution in [3.63, 3.8) is 0 Å². The van der Waals surface area contributed by atoms with Gasteiger partial charge in [0, 0.05) is 37.6 Å². The standard InChI is InChI=1S/C20H23N3O2/c1-4-13-23(18-11-6-5-7-12-18)19(24)15-21-17-10-8-9-16(14-17)20(25)22(2)3/h4-12,14,21H,1,13,15H2,2-3H3. The van der Waals surface area contributed by atoms with E-state index in [9.17, 15) is 9.59 Å². The number of hydrogen-bond donors (Lipinski definition) is 1. The normalized spacial score (nSPS) is 10.0. The second-order valence-corrected chi connectivity index (χ2v) is 5.76. The lowest BCUT2D eigenvalue weighted by molar-refractivity contribution is -0.116. The summed E-state index contributed by atoms with van der Waals surface area (Å²) in [5.41, 5.74) is 2.13. The molecule has 25 heavy (non-hydrogen) atoms. The fraction of sp³-hybridized carbons (Fsp3) is 0.200. The molecule has 0 radical (unpaired) electrons. The van der Waals surface area contributed by atoms with Gasteiger partial charge in [-0.1, -0.05) is 30.3 Å². The van der Waals surface area contributed by atoms with Crippen LogP contribution in [-0.2, 0) is 4.79 Å². The molecule has 0 saturated carbocycles. The fourth-order valence-electron chi connectivity index (χ4n) is 2.38. The first kappa shape index (κ1) is 18.3. The van der Waals surface area contributed by atoms with E-state index in [-0.39, 0.29) is 18.4 Å². The molecule has 2 aromatic rings. The van der Waals surface area contributed by atoms with Gasteiger partial charge >= 0.3 is 0 Å². The van der Waals surface area contributed by atoms with Crippen LogP contribution in [-0.4, -0.2) is 43.9 Å². The SMILES string of the molecule is C=CCN(C(=O)CNc1cccc(C(=O)N(C)C)c1)c1ccccc1. The summed E-state index contributed by atoms with van der Waals surface area (Å²) >= 11 is 0. The molecular weight excluding hydrogens is 314 g/mol. The van der Waals surface area contributed by atoms with E-state index in [1.807, 2.05) is 36.4 Å². The molecule has 1 N–H and O–H groups in total. The van der Waals surface area contributed by atoms with Crippen molar-refractivity contribution in [3.05, 3.63) is 72.8 Å². The number of hydrogen-bond acceptors (Lipinski definition) is 3. The zero-order valence-corrected chi connectivity index (χ0v) is 14.6. The van der Waals surface area contributed by atoms with Crippen molar-refractivity contribution >= 4 is 23.2 Å². The molecule has 0 saturated heterocycles. The Balaban J connectivity index is 2.06. The highest BCUT2D eigenvalue weighted by Gasteiger charge is 2.14. The smallest absolute Gasteiger partial charge is 0.253 e. The molecule has 2 rings (SSSR count). The van der Waals surface area contributed by atoms with Crippen LogP contribution in [0.2, 0.25) is 0 Å². The average molecular weight is 337 g/mol. The molecule has 0 heterocycles. The van der Waals surface area contributed by atoms with E-state index in [0.717, 1.165) is 11.4 Å². The monoisotopic (exact) mass is 337 g/mol. The van der Waals surface area contributed by atoms with E-state index in [2.05, 4.69) is 11.9 Å². The Labute approximate surface area is 148 Å². The van der Waals surface area contributed by atoms with Gasteiger partial charge in [-0.3, -0.25) is 9.59 Å². The van der Waals surface area contributed by atoms with Crippen LogP contribution in [0.1, 0.15) is 10.4 Å². The molecule has 0 fully saturated rings. The summed E-state index contributed by atoms with van der Waals surface area (Å²) in [7, 11) is 3.41. The Bertz CT molecular complexity index is 742. The number of nitrogens with zero attached hydrogens (tertiary/aromatic N) is 2.